The van der Waals surface area contributed by atoms with Gasteiger partial charge in [-0.25, -0.2) is 0 Å². The predicted octanol–water partition coefficient (Wildman–Crippen LogP) is 1.98. The molecule has 0 saturated heterocycles. The molecule has 0 spiro atoms. The fourth-order valence-corrected chi connectivity index (χ4v) is 1.43. The molecule has 0 aromatic carbocycles. The van der Waals surface area contributed by atoms with Gasteiger partial charge in [-0.3, -0.25) is 4.98 Å². The molecule has 0 amide bonds. The van der Waals surface area contributed by atoms with Crippen molar-refractivity contribution in [3.05, 3.63) is 29.6 Å². The second-order valence-electron chi connectivity index (χ2n) is 2.43. The van der Waals surface area contributed by atoms with Crippen LogP contribution in [0.5, 0.6) is 0 Å². The van der Waals surface area contributed by atoms with Crippen molar-refractivity contribution in [3.8, 4) is 0 Å². The third-order valence-corrected chi connectivity index (χ3v) is 2.25. The van der Waals surface area contributed by atoms with Crippen LogP contribution in [0.4, 0.5) is 0 Å². The maximum absolute atomic E-state index is 7.13. The molecule has 2 nitrogen and oxygen atoms in total. The van der Waals surface area contributed by atoms with Crippen LogP contribution in [-0.2, 0) is 23.5 Å². The van der Waals surface area contributed by atoms with E-state index in [1.807, 2.05) is 23.9 Å². The molecule has 4 heteroatoms. The molecule has 0 bridgehead atoms. The zero-order chi connectivity index (χ0) is 8.81. The van der Waals surface area contributed by atoms with Crippen LogP contribution < -0.4 is 0 Å². The minimum absolute atomic E-state index is 0. The van der Waals surface area contributed by atoms with Gasteiger partial charge in [0.15, 0.2) is 0 Å². The molecule has 0 fully saturated rings. The Balaban J connectivity index is 0.00000144. The number of nitrogens with one attached hydrogen (secondary N) is 1. The minimum atomic E-state index is 0. The average Bonchev–Trinajstić information content (AvgIpc) is 2.15. The van der Waals surface area contributed by atoms with Crippen LogP contribution >= 0.6 is 11.8 Å². The smallest absolute Gasteiger partial charge is 0.0837 e. The zero-order valence-corrected chi connectivity index (χ0v) is 9.14. The summed E-state index contributed by atoms with van der Waals surface area (Å²) < 4.78 is 0. The van der Waals surface area contributed by atoms with E-state index in [0.717, 1.165) is 17.9 Å². The van der Waals surface area contributed by atoms with E-state index in [1.165, 1.54) is 11.8 Å². The number of aromatic nitrogens is 1. The van der Waals surface area contributed by atoms with Crippen molar-refractivity contribution >= 4 is 18.0 Å². The summed E-state index contributed by atoms with van der Waals surface area (Å²) in [6.45, 7) is 0. The Morgan fingerprint density at radius 1 is 1.62 bits per heavy atom. The summed E-state index contributed by atoms with van der Waals surface area (Å²) in [6.07, 6.45) is 6.12. The number of thioether (sulfide) groups is 1. The van der Waals surface area contributed by atoms with Crippen LogP contribution in [0, 0.1) is 5.41 Å². The summed E-state index contributed by atoms with van der Waals surface area (Å²) in [7, 11) is 0. The molecule has 0 aliphatic carbocycles. The Morgan fingerprint density at radius 3 is 3.00 bits per heavy atom. The fourth-order valence-electron chi connectivity index (χ4n) is 1.00. The maximum atomic E-state index is 7.13. The molecule has 0 unspecified atom stereocenters. The summed E-state index contributed by atoms with van der Waals surface area (Å²) in [5.74, 6) is 1.09. The van der Waals surface area contributed by atoms with Gasteiger partial charge in [-0.05, 0) is 30.1 Å². The summed E-state index contributed by atoms with van der Waals surface area (Å²) in [5, 5.41) is 7.13. The topological polar surface area (TPSA) is 36.7 Å². The van der Waals surface area contributed by atoms with Crippen molar-refractivity contribution in [1.82, 2.24) is 4.98 Å². The van der Waals surface area contributed by atoms with E-state index in [-0.39, 0.29) is 17.1 Å². The van der Waals surface area contributed by atoms with Crippen LogP contribution in [0.1, 0.15) is 11.3 Å². The van der Waals surface area contributed by atoms with Crippen LogP contribution in [-0.4, -0.2) is 23.2 Å². The fraction of sp³-hybridized carbons (Fsp3) is 0.333. The van der Waals surface area contributed by atoms with E-state index in [4.69, 9.17) is 5.41 Å². The van der Waals surface area contributed by atoms with Gasteiger partial charge in [-0.15, -0.1) is 0 Å². The second-order valence-corrected chi connectivity index (χ2v) is 3.42. The minimum Gasteiger partial charge on any atom is -0.306 e. The van der Waals surface area contributed by atoms with E-state index in [2.05, 4.69) is 11.2 Å². The molecule has 13 heavy (non-hydrogen) atoms. The number of nitrogens with zero attached hydrogens (tertiary/aromatic N) is 1. The van der Waals surface area contributed by atoms with Crippen molar-refractivity contribution in [1.29, 1.82) is 5.41 Å². The molecule has 1 rings (SSSR count). The van der Waals surface area contributed by atoms with Gasteiger partial charge in [0.2, 0.25) is 0 Å². The summed E-state index contributed by atoms with van der Waals surface area (Å²) in [6, 6.07) is 3.95. The van der Waals surface area contributed by atoms with Crippen LogP contribution in [0.25, 0.3) is 0 Å². The number of hydrogen-bond donors (Lipinski definition) is 1. The third-order valence-electron chi connectivity index (χ3n) is 1.64. The maximum Gasteiger partial charge on any atom is 0.0837 e. The molecule has 0 saturated carbocycles. The summed E-state index contributed by atoms with van der Waals surface area (Å²) in [5.41, 5.74) is 1.97. The van der Waals surface area contributed by atoms with E-state index in [0.29, 0.717) is 0 Å². The average molecular weight is 244 g/mol. The predicted molar refractivity (Wildman–Crippen MR) is 54.2 cm³/mol. The Kier molecular flexibility index (Phi) is 6.96. The Morgan fingerprint density at radius 2 is 2.38 bits per heavy atom. The Bertz CT molecular complexity index is 266. The summed E-state index contributed by atoms with van der Waals surface area (Å²) in [4.78, 5) is 4.10. The van der Waals surface area contributed by atoms with Gasteiger partial charge in [-0.1, -0.05) is 6.07 Å². The first-order valence-corrected chi connectivity index (χ1v) is 5.21. The van der Waals surface area contributed by atoms with Gasteiger partial charge in [0.1, 0.15) is 0 Å². The Labute approximate surface area is 93.5 Å². The monoisotopic (exact) mass is 243 g/mol. The quantitative estimate of drug-likeness (QED) is 0.649. The van der Waals surface area contributed by atoms with E-state index in [1.54, 1.807) is 6.20 Å². The second kappa shape index (κ2) is 7.13. The molecular weight excluding hydrogens is 232 g/mol. The van der Waals surface area contributed by atoms with Crippen molar-refractivity contribution in [2.45, 2.75) is 6.42 Å². The van der Waals surface area contributed by atoms with Crippen LogP contribution in [0.2, 0.25) is 0 Å². The zero-order valence-electron chi connectivity index (χ0n) is 7.38. The first-order valence-electron chi connectivity index (χ1n) is 3.81. The van der Waals surface area contributed by atoms with Crippen LogP contribution in [0.3, 0.4) is 0 Å². The molecule has 0 aliphatic heterocycles. The van der Waals surface area contributed by atoms with Crippen LogP contribution in [0.15, 0.2) is 18.3 Å². The first-order chi connectivity index (χ1) is 5.88. The molecule has 1 N–H and O–H groups in total. The molecule has 1 radical (unpaired) electrons. The van der Waals surface area contributed by atoms with Gasteiger partial charge >= 0.3 is 0 Å². The van der Waals surface area contributed by atoms with Gasteiger partial charge in [0.05, 0.1) is 5.69 Å². The van der Waals surface area contributed by atoms with Crippen molar-refractivity contribution in [3.63, 3.8) is 0 Å². The normalized spacial score (nSPS) is 9.00. The summed E-state index contributed by atoms with van der Waals surface area (Å²) >= 11 is 1.81. The van der Waals surface area contributed by atoms with E-state index < -0.39 is 0 Å². The molecule has 1 heterocycles. The number of pyridine rings is 1. The van der Waals surface area contributed by atoms with Gasteiger partial charge in [0, 0.05) is 29.5 Å². The number of rotatable bonds is 4. The number of hydrogen-bond acceptors (Lipinski definition) is 3. The molecule has 75 valence electrons. The van der Waals surface area contributed by atoms with Crippen molar-refractivity contribution < 1.29 is 17.1 Å². The standard InChI is InChI=1S/C9H12N2S.Cu/c1-12-6-4-8-3-2-5-11-9(8)7-10;/h2-3,5,7,10H,4,6H2,1H3;. The van der Waals surface area contributed by atoms with Gasteiger partial charge in [0.25, 0.3) is 0 Å². The van der Waals surface area contributed by atoms with Gasteiger partial charge < -0.3 is 5.41 Å². The molecule has 1 aromatic rings. The molecular formula is C9H12CuN2S. The SMILES string of the molecule is CSCCc1cccnc1C=N.[Cu]. The Hall–Kier alpha value is -0.311. The number of aryl methyl sites for hydroxylation is 1. The third kappa shape index (κ3) is 3.94. The molecule has 0 atom stereocenters. The molecule has 1 aromatic heterocycles. The molecule has 0 aliphatic rings. The van der Waals surface area contributed by atoms with E-state index >= 15 is 0 Å². The first kappa shape index (κ1) is 12.7. The van der Waals surface area contributed by atoms with Crippen molar-refractivity contribution in [2.24, 2.45) is 0 Å². The van der Waals surface area contributed by atoms with Gasteiger partial charge in [-0.2, -0.15) is 11.8 Å². The van der Waals surface area contributed by atoms with E-state index in [9.17, 15) is 0 Å². The largest absolute Gasteiger partial charge is 0.306 e. The van der Waals surface area contributed by atoms with Crippen molar-refractivity contribution in [2.75, 3.05) is 12.0 Å².